The van der Waals surface area contributed by atoms with E-state index < -0.39 is 0 Å². The maximum absolute atomic E-state index is 12.0. The highest BCUT2D eigenvalue weighted by atomic mass is 32.1. The first-order valence-corrected chi connectivity index (χ1v) is 6.28. The lowest BCUT2D eigenvalue weighted by molar-refractivity contribution is 0.0950. The van der Waals surface area contributed by atoms with Gasteiger partial charge in [0.1, 0.15) is 11.5 Å². The van der Waals surface area contributed by atoms with Gasteiger partial charge in [0.25, 0.3) is 5.91 Å². The molecule has 19 heavy (non-hydrogen) atoms. The van der Waals surface area contributed by atoms with Crippen LogP contribution in [0.5, 0.6) is 11.5 Å². The lowest BCUT2D eigenvalue weighted by Crippen LogP contribution is -2.25. The number of carbonyl (C=O) groups is 1. The summed E-state index contributed by atoms with van der Waals surface area (Å²) in [5.41, 5.74) is 5.85. The topological polar surface area (TPSA) is 73.6 Å². The molecule has 0 heterocycles. The van der Waals surface area contributed by atoms with Crippen LogP contribution in [0.4, 0.5) is 0 Å². The molecule has 1 rings (SSSR count). The monoisotopic (exact) mass is 282 g/mol. The number of nitrogens with two attached hydrogens (primary N) is 1. The molecule has 1 amide bonds. The van der Waals surface area contributed by atoms with Crippen molar-refractivity contribution >= 4 is 23.1 Å². The molecule has 0 atom stereocenters. The molecule has 0 aliphatic heterocycles. The lowest BCUT2D eigenvalue weighted by atomic mass is 10.1. The third-order valence-corrected chi connectivity index (χ3v) is 2.74. The Kier molecular flexibility index (Phi) is 6.08. The average Bonchev–Trinajstić information content (AvgIpc) is 2.42. The molecule has 0 aliphatic carbocycles. The summed E-state index contributed by atoms with van der Waals surface area (Å²) < 4.78 is 10.2. The van der Waals surface area contributed by atoms with Crippen LogP contribution >= 0.6 is 12.2 Å². The molecule has 0 spiro atoms. The minimum Gasteiger partial charge on any atom is -0.497 e. The van der Waals surface area contributed by atoms with Crippen LogP contribution in [-0.2, 0) is 0 Å². The number of benzene rings is 1. The molecule has 0 unspecified atom stereocenters. The first-order chi connectivity index (χ1) is 9.08. The molecule has 0 fully saturated rings. The van der Waals surface area contributed by atoms with Gasteiger partial charge in [-0.15, -0.1) is 0 Å². The minimum absolute atomic E-state index is 0.192. The number of ether oxygens (including phenoxy) is 2. The van der Waals surface area contributed by atoms with Crippen molar-refractivity contribution in [2.75, 3.05) is 20.8 Å². The Bertz CT molecular complexity index is 463. The molecule has 0 aliphatic rings. The SMILES string of the molecule is COc1ccc(C(=O)NCCCC(N)=S)c(OC)c1. The summed E-state index contributed by atoms with van der Waals surface area (Å²) in [5.74, 6) is 0.926. The van der Waals surface area contributed by atoms with E-state index in [0.717, 1.165) is 6.42 Å². The fourth-order valence-corrected chi connectivity index (χ4v) is 1.69. The molecule has 0 aromatic heterocycles. The Morgan fingerprint density at radius 3 is 2.68 bits per heavy atom. The van der Waals surface area contributed by atoms with E-state index in [1.165, 1.54) is 7.11 Å². The number of hydrogen-bond donors (Lipinski definition) is 2. The van der Waals surface area contributed by atoms with Crippen molar-refractivity contribution in [1.29, 1.82) is 0 Å². The van der Waals surface area contributed by atoms with Crippen molar-refractivity contribution in [2.45, 2.75) is 12.8 Å². The van der Waals surface area contributed by atoms with Crippen LogP contribution in [0, 0.1) is 0 Å². The summed E-state index contributed by atoms with van der Waals surface area (Å²) >= 11 is 4.77. The molecule has 5 nitrogen and oxygen atoms in total. The first-order valence-electron chi connectivity index (χ1n) is 5.87. The maximum Gasteiger partial charge on any atom is 0.255 e. The van der Waals surface area contributed by atoms with Crippen LogP contribution < -0.4 is 20.5 Å². The second-order valence-electron chi connectivity index (χ2n) is 3.89. The zero-order chi connectivity index (χ0) is 14.3. The van der Waals surface area contributed by atoms with Gasteiger partial charge in [-0.3, -0.25) is 4.79 Å². The smallest absolute Gasteiger partial charge is 0.255 e. The normalized spacial score (nSPS) is 9.79. The van der Waals surface area contributed by atoms with Gasteiger partial charge in [0, 0.05) is 12.6 Å². The molecule has 0 saturated heterocycles. The number of hydrogen-bond acceptors (Lipinski definition) is 4. The van der Waals surface area contributed by atoms with Crippen LogP contribution in [0.3, 0.4) is 0 Å². The third kappa shape index (κ3) is 4.75. The molecule has 104 valence electrons. The Morgan fingerprint density at radius 1 is 1.37 bits per heavy atom. The van der Waals surface area contributed by atoms with Gasteiger partial charge in [-0.2, -0.15) is 0 Å². The third-order valence-electron chi connectivity index (χ3n) is 2.54. The quantitative estimate of drug-likeness (QED) is 0.585. The van der Waals surface area contributed by atoms with Crippen molar-refractivity contribution in [1.82, 2.24) is 5.32 Å². The molecule has 0 bridgehead atoms. The van der Waals surface area contributed by atoms with Crippen molar-refractivity contribution < 1.29 is 14.3 Å². The van der Waals surface area contributed by atoms with E-state index in [9.17, 15) is 4.79 Å². The van der Waals surface area contributed by atoms with E-state index in [1.54, 1.807) is 25.3 Å². The van der Waals surface area contributed by atoms with Gasteiger partial charge < -0.3 is 20.5 Å². The highest BCUT2D eigenvalue weighted by Gasteiger charge is 2.12. The highest BCUT2D eigenvalue weighted by Crippen LogP contribution is 2.24. The van der Waals surface area contributed by atoms with Crippen LogP contribution in [0.15, 0.2) is 18.2 Å². The molecular weight excluding hydrogens is 264 g/mol. The second-order valence-corrected chi connectivity index (χ2v) is 4.42. The predicted octanol–water partition coefficient (Wildman–Crippen LogP) is 1.50. The standard InChI is InChI=1S/C13H18N2O3S/c1-17-9-5-6-10(11(8-9)18-2)13(16)15-7-3-4-12(14)19/h5-6,8H,3-4,7H2,1-2H3,(H2,14,19)(H,15,16). The van der Waals surface area contributed by atoms with Gasteiger partial charge in [0.15, 0.2) is 0 Å². The second kappa shape index (κ2) is 7.58. The molecule has 0 radical (unpaired) electrons. The number of methoxy groups -OCH3 is 2. The fraction of sp³-hybridized carbons (Fsp3) is 0.385. The number of nitrogens with one attached hydrogen (secondary N) is 1. The molecule has 1 aromatic carbocycles. The number of thiocarbonyl (C=S) groups is 1. The maximum atomic E-state index is 12.0. The van der Waals surface area contributed by atoms with E-state index in [-0.39, 0.29) is 5.91 Å². The van der Waals surface area contributed by atoms with Crippen molar-refractivity contribution in [3.05, 3.63) is 23.8 Å². The molecular formula is C13H18N2O3S. The van der Waals surface area contributed by atoms with Crippen molar-refractivity contribution in [3.63, 3.8) is 0 Å². The number of carbonyl (C=O) groups excluding carboxylic acids is 1. The summed E-state index contributed by atoms with van der Waals surface area (Å²) in [6.07, 6.45) is 1.34. The van der Waals surface area contributed by atoms with Gasteiger partial charge in [-0.05, 0) is 25.0 Å². The lowest BCUT2D eigenvalue weighted by Gasteiger charge is -2.10. The average molecular weight is 282 g/mol. The van der Waals surface area contributed by atoms with E-state index >= 15 is 0 Å². The molecule has 6 heteroatoms. The zero-order valence-electron chi connectivity index (χ0n) is 11.1. The highest BCUT2D eigenvalue weighted by molar-refractivity contribution is 7.80. The summed E-state index contributed by atoms with van der Waals surface area (Å²) in [5, 5.41) is 2.79. The number of amides is 1. The minimum atomic E-state index is -0.192. The van der Waals surface area contributed by atoms with Gasteiger partial charge in [0.05, 0.1) is 24.8 Å². The van der Waals surface area contributed by atoms with Gasteiger partial charge in [-0.1, -0.05) is 12.2 Å². The van der Waals surface area contributed by atoms with Crippen LogP contribution in [-0.4, -0.2) is 31.7 Å². The Labute approximate surface area is 118 Å². The Balaban J connectivity index is 2.63. The predicted molar refractivity (Wildman–Crippen MR) is 77.9 cm³/mol. The summed E-state index contributed by atoms with van der Waals surface area (Å²) in [6.45, 7) is 0.519. The number of rotatable bonds is 7. The summed E-state index contributed by atoms with van der Waals surface area (Å²) in [7, 11) is 3.07. The fourth-order valence-electron chi connectivity index (χ4n) is 1.55. The van der Waals surface area contributed by atoms with Crippen LogP contribution in [0.25, 0.3) is 0 Å². The summed E-state index contributed by atoms with van der Waals surface area (Å²) in [4.78, 5) is 12.4. The van der Waals surface area contributed by atoms with E-state index in [0.29, 0.717) is 35.0 Å². The zero-order valence-corrected chi connectivity index (χ0v) is 11.9. The Morgan fingerprint density at radius 2 is 2.11 bits per heavy atom. The van der Waals surface area contributed by atoms with Gasteiger partial charge >= 0.3 is 0 Å². The van der Waals surface area contributed by atoms with E-state index in [2.05, 4.69) is 5.32 Å². The Hall–Kier alpha value is -1.82. The molecule has 1 aromatic rings. The van der Waals surface area contributed by atoms with Crippen LogP contribution in [0.2, 0.25) is 0 Å². The summed E-state index contributed by atoms with van der Waals surface area (Å²) in [6, 6.07) is 5.05. The van der Waals surface area contributed by atoms with Crippen LogP contribution in [0.1, 0.15) is 23.2 Å². The van der Waals surface area contributed by atoms with E-state index in [1.807, 2.05) is 0 Å². The largest absolute Gasteiger partial charge is 0.497 e. The van der Waals surface area contributed by atoms with Gasteiger partial charge in [0.2, 0.25) is 0 Å². The van der Waals surface area contributed by atoms with Crippen molar-refractivity contribution in [2.24, 2.45) is 5.73 Å². The van der Waals surface area contributed by atoms with E-state index in [4.69, 9.17) is 27.4 Å². The van der Waals surface area contributed by atoms with Gasteiger partial charge in [-0.25, -0.2) is 0 Å². The molecule has 3 N–H and O–H groups in total. The molecule has 0 saturated carbocycles. The first kappa shape index (κ1) is 15.2. The van der Waals surface area contributed by atoms with Crippen molar-refractivity contribution in [3.8, 4) is 11.5 Å².